The molecule has 1 saturated heterocycles. The Balaban J connectivity index is 1.26. The molecule has 6 aromatic rings. The minimum atomic E-state index is -0.258. The van der Waals surface area contributed by atoms with E-state index in [0.29, 0.717) is 0 Å². The van der Waals surface area contributed by atoms with E-state index in [1.54, 1.807) is 18.5 Å². The summed E-state index contributed by atoms with van der Waals surface area (Å²) < 4.78 is 15.8. The third kappa shape index (κ3) is 4.87. The van der Waals surface area contributed by atoms with Crippen LogP contribution in [0.25, 0.3) is 27.8 Å². The van der Waals surface area contributed by atoms with Crippen LogP contribution in [-0.2, 0) is 0 Å². The predicted octanol–water partition coefficient (Wildman–Crippen LogP) is 7.14. The number of rotatable bonds is 6. The number of piperazine rings is 1. The second-order valence-corrected chi connectivity index (χ2v) is 10.4. The first kappa shape index (κ1) is 25.2. The van der Waals surface area contributed by atoms with Crippen molar-refractivity contribution in [2.75, 3.05) is 31.1 Å². The number of anilines is 1. The number of hydrogen-bond acceptors (Lipinski definition) is 4. The van der Waals surface area contributed by atoms with Gasteiger partial charge in [0.05, 0.1) is 11.4 Å². The maximum atomic E-state index is 13.8. The summed E-state index contributed by atoms with van der Waals surface area (Å²) in [5.74, 6) is 0.677. The zero-order chi connectivity index (χ0) is 27.6. The number of aromatic nitrogens is 3. The molecule has 0 bridgehead atoms. The first-order valence-electron chi connectivity index (χ1n) is 14.0. The lowest BCUT2D eigenvalue weighted by atomic mass is 9.96. The van der Waals surface area contributed by atoms with E-state index in [4.69, 9.17) is 9.97 Å². The van der Waals surface area contributed by atoms with Crippen LogP contribution in [0, 0.1) is 5.82 Å². The van der Waals surface area contributed by atoms with E-state index in [2.05, 4.69) is 88.8 Å². The Morgan fingerprint density at radius 3 is 1.83 bits per heavy atom. The van der Waals surface area contributed by atoms with Crippen LogP contribution in [0.3, 0.4) is 0 Å². The molecule has 1 aliphatic rings. The molecule has 7 rings (SSSR count). The summed E-state index contributed by atoms with van der Waals surface area (Å²) in [6, 6.07) is 38.6. The fraction of sp³-hybridized carbons (Fsp3) is 0.143. The molecule has 0 spiro atoms. The van der Waals surface area contributed by atoms with Crippen molar-refractivity contribution in [1.29, 1.82) is 0 Å². The van der Waals surface area contributed by atoms with Gasteiger partial charge in [-0.1, -0.05) is 91.0 Å². The van der Waals surface area contributed by atoms with Crippen molar-refractivity contribution in [3.8, 4) is 16.8 Å². The maximum Gasteiger partial charge on any atom is 0.150 e. The Bertz CT molecular complexity index is 1700. The molecule has 1 fully saturated rings. The van der Waals surface area contributed by atoms with E-state index in [0.717, 1.165) is 59.8 Å². The lowest BCUT2D eigenvalue weighted by molar-refractivity contribution is 0.212. The number of halogens is 1. The monoisotopic (exact) mass is 539 g/mol. The van der Waals surface area contributed by atoms with Crippen LogP contribution >= 0.6 is 0 Å². The summed E-state index contributed by atoms with van der Waals surface area (Å²) in [5, 5.41) is 1.01. The minimum Gasteiger partial charge on any atom is -0.353 e. The number of benzene rings is 4. The van der Waals surface area contributed by atoms with E-state index in [1.165, 1.54) is 23.3 Å². The number of hydrogen-bond donors (Lipinski definition) is 0. The largest absolute Gasteiger partial charge is 0.353 e. The van der Waals surface area contributed by atoms with Gasteiger partial charge in [0, 0.05) is 43.6 Å². The molecular weight excluding hydrogens is 509 g/mol. The maximum absolute atomic E-state index is 13.8. The van der Waals surface area contributed by atoms with Gasteiger partial charge in [-0.3, -0.25) is 4.90 Å². The molecule has 41 heavy (non-hydrogen) atoms. The third-order valence-corrected chi connectivity index (χ3v) is 7.96. The van der Waals surface area contributed by atoms with Crippen molar-refractivity contribution in [2.45, 2.75) is 6.04 Å². The van der Waals surface area contributed by atoms with Crippen molar-refractivity contribution in [3.63, 3.8) is 0 Å². The van der Waals surface area contributed by atoms with Gasteiger partial charge in [0.1, 0.15) is 18.0 Å². The van der Waals surface area contributed by atoms with Gasteiger partial charge < -0.3 is 9.47 Å². The summed E-state index contributed by atoms with van der Waals surface area (Å²) in [4.78, 5) is 14.5. The SMILES string of the molecule is Fc1ccc(-n2cc(-c3ccccc3)c3c(N4CCN(C(c5ccccc5)c5ccccc5)CC4)ncnc32)cc1. The minimum absolute atomic E-state index is 0.199. The Kier molecular flexibility index (Phi) is 6.75. The molecule has 6 heteroatoms. The standard InChI is InChI=1S/C35H30FN5/c36-29-16-18-30(19-17-29)41-24-31(26-10-4-1-5-11-26)32-34(37-25-38-35(32)41)40-22-20-39(21-23-40)33(27-12-6-2-7-13-27)28-14-8-3-9-15-28/h1-19,24-25,33H,20-23H2. The average molecular weight is 540 g/mol. The van der Waals surface area contributed by atoms with Crippen molar-refractivity contribution in [3.05, 3.63) is 145 Å². The molecule has 4 aromatic carbocycles. The molecule has 0 amide bonds. The molecule has 0 N–H and O–H groups in total. The van der Waals surface area contributed by atoms with Crippen LogP contribution in [0.5, 0.6) is 0 Å². The second-order valence-electron chi connectivity index (χ2n) is 10.4. The molecule has 0 radical (unpaired) electrons. The highest BCUT2D eigenvalue weighted by atomic mass is 19.1. The van der Waals surface area contributed by atoms with Gasteiger partial charge in [-0.25, -0.2) is 14.4 Å². The molecule has 0 saturated carbocycles. The molecule has 3 heterocycles. The van der Waals surface area contributed by atoms with E-state index in [1.807, 2.05) is 22.8 Å². The third-order valence-electron chi connectivity index (χ3n) is 7.96. The van der Waals surface area contributed by atoms with E-state index < -0.39 is 0 Å². The van der Waals surface area contributed by atoms with Crippen LogP contribution in [0.2, 0.25) is 0 Å². The summed E-state index contributed by atoms with van der Waals surface area (Å²) >= 11 is 0. The average Bonchev–Trinajstić information content (AvgIpc) is 3.44. The summed E-state index contributed by atoms with van der Waals surface area (Å²) in [7, 11) is 0. The fourth-order valence-electron chi connectivity index (χ4n) is 6.00. The Morgan fingerprint density at radius 1 is 0.634 bits per heavy atom. The zero-order valence-corrected chi connectivity index (χ0v) is 22.6. The predicted molar refractivity (Wildman–Crippen MR) is 163 cm³/mol. The van der Waals surface area contributed by atoms with Crippen LogP contribution < -0.4 is 4.90 Å². The van der Waals surface area contributed by atoms with E-state index in [-0.39, 0.29) is 11.9 Å². The highest BCUT2D eigenvalue weighted by molar-refractivity contribution is 6.02. The van der Waals surface area contributed by atoms with E-state index >= 15 is 0 Å². The highest BCUT2D eigenvalue weighted by Crippen LogP contribution is 2.38. The number of fused-ring (bicyclic) bond motifs is 1. The molecule has 0 atom stereocenters. The van der Waals surface area contributed by atoms with Gasteiger partial charge in [-0.15, -0.1) is 0 Å². The van der Waals surface area contributed by atoms with Gasteiger partial charge in [0.15, 0.2) is 5.65 Å². The highest BCUT2D eigenvalue weighted by Gasteiger charge is 2.29. The molecular formula is C35H30FN5. The van der Waals surface area contributed by atoms with Crippen LogP contribution in [-0.4, -0.2) is 45.6 Å². The summed E-state index contributed by atoms with van der Waals surface area (Å²) in [6.07, 6.45) is 3.75. The summed E-state index contributed by atoms with van der Waals surface area (Å²) in [6.45, 7) is 3.50. The molecule has 1 aliphatic heterocycles. The van der Waals surface area contributed by atoms with Gasteiger partial charge in [-0.05, 0) is 41.0 Å². The molecule has 0 aliphatic carbocycles. The topological polar surface area (TPSA) is 37.2 Å². The Morgan fingerprint density at radius 2 is 1.22 bits per heavy atom. The molecule has 2 aromatic heterocycles. The van der Waals surface area contributed by atoms with Crippen LogP contribution in [0.15, 0.2) is 128 Å². The lowest BCUT2D eigenvalue weighted by Crippen LogP contribution is -2.48. The smallest absolute Gasteiger partial charge is 0.150 e. The van der Waals surface area contributed by atoms with E-state index in [9.17, 15) is 4.39 Å². The molecule has 0 unspecified atom stereocenters. The summed E-state index contributed by atoms with van der Waals surface area (Å²) in [5.41, 5.74) is 6.45. The quantitative estimate of drug-likeness (QED) is 0.226. The van der Waals surface area contributed by atoms with Gasteiger partial charge in [0.25, 0.3) is 0 Å². The number of nitrogens with zero attached hydrogens (tertiary/aromatic N) is 5. The van der Waals surface area contributed by atoms with Gasteiger partial charge in [0.2, 0.25) is 0 Å². The van der Waals surface area contributed by atoms with Gasteiger partial charge in [-0.2, -0.15) is 0 Å². The van der Waals surface area contributed by atoms with Crippen LogP contribution in [0.1, 0.15) is 17.2 Å². The van der Waals surface area contributed by atoms with Crippen molar-refractivity contribution in [2.24, 2.45) is 0 Å². The normalized spacial score (nSPS) is 14.1. The Labute approximate surface area is 239 Å². The van der Waals surface area contributed by atoms with Crippen molar-refractivity contribution < 1.29 is 4.39 Å². The first-order chi connectivity index (χ1) is 20.3. The first-order valence-corrected chi connectivity index (χ1v) is 14.0. The van der Waals surface area contributed by atoms with Crippen molar-refractivity contribution >= 4 is 16.9 Å². The Hall–Kier alpha value is -4.81. The van der Waals surface area contributed by atoms with Crippen molar-refractivity contribution in [1.82, 2.24) is 19.4 Å². The molecule has 5 nitrogen and oxygen atoms in total. The fourth-order valence-corrected chi connectivity index (χ4v) is 6.00. The lowest BCUT2D eigenvalue weighted by Gasteiger charge is -2.40. The molecule has 202 valence electrons. The van der Waals surface area contributed by atoms with Crippen LogP contribution in [0.4, 0.5) is 10.2 Å². The zero-order valence-electron chi connectivity index (χ0n) is 22.6. The van der Waals surface area contributed by atoms with Gasteiger partial charge >= 0.3 is 0 Å². The second kappa shape index (κ2) is 11.0.